The van der Waals surface area contributed by atoms with Crippen molar-refractivity contribution in [3.8, 4) is 0 Å². The van der Waals surface area contributed by atoms with Crippen molar-refractivity contribution in [2.24, 2.45) is 0 Å². The van der Waals surface area contributed by atoms with Crippen LogP contribution < -0.4 is 5.32 Å². The lowest BCUT2D eigenvalue weighted by atomic mass is 10.2. The molecule has 0 aromatic heterocycles. The van der Waals surface area contributed by atoms with Crippen LogP contribution in [0.1, 0.15) is 33.1 Å². The minimum absolute atomic E-state index is 0.396. The maximum Gasteiger partial charge on any atom is 0.0352 e. The molecule has 0 saturated heterocycles. The van der Waals surface area contributed by atoms with Gasteiger partial charge in [-0.25, -0.2) is 5.32 Å². The third-order valence-electron chi connectivity index (χ3n) is 1.85. The van der Waals surface area contributed by atoms with Crippen molar-refractivity contribution in [2.45, 2.75) is 50.6 Å². The van der Waals surface area contributed by atoms with E-state index in [1.54, 1.807) is 0 Å². The zero-order valence-electron chi connectivity index (χ0n) is 6.68. The lowest BCUT2D eigenvalue weighted by molar-refractivity contribution is 0.460. The average Bonchev–Trinajstić information content (AvgIpc) is 2.13. The Morgan fingerprint density at radius 3 is 2.50 bits per heavy atom. The molecule has 1 nitrogen and oxygen atoms in total. The van der Waals surface area contributed by atoms with Crippen LogP contribution in [0.4, 0.5) is 0 Å². The van der Waals surface area contributed by atoms with Gasteiger partial charge in [0, 0.05) is 17.5 Å². The van der Waals surface area contributed by atoms with Gasteiger partial charge in [0.1, 0.15) is 0 Å². The Morgan fingerprint density at radius 1 is 1.40 bits per heavy atom. The number of rotatable bonds is 2. The zero-order chi connectivity index (χ0) is 7.56. The molecule has 0 aromatic carbocycles. The standard InChI is InChI=1S/C8H15ClN/c1-6(2)10-8-4-3-7(9)5-8/h6-8H,3-5H2,1-2H3. The highest BCUT2D eigenvalue weighted by atomic mass is 35.5. The van der Waals surface area contributed by atoms with E-state index in [9.17, 15) is 0 Å². The van der Waals surface area contributed by atoms with E-state index >= 15 is 0 Å². The van der Waals surface area contributed by atoms with Crippen molar-refractivity contribution in [1.82, 2.24) is 5.32 Å². The Labute approximate surface area is 68.1 Å². The smallest absolute Gasteiger partial charge is 0.0352 e. The van der Waals surface area contributed by atoms with Crippen LogP contribution in [0.3, 0.4) is 0 Å². The maximum absolute atomic E-state index is 5.93. The van der Waals surface area contributed by atoms with Crippen molar-refractivity contribution in [2.75, 3.05) is 0 Å². The average molecular weight is 161 g/mol. The predicted molar refractivity (Wildman–Crippen MR) is 44.6 cm³/mol. The summed E-state index contributed by atoms with van der Waals surface area (Å²) in [5, 5.41) is 4.94. The summed E-state index contributed by atoms with van der Waals surface area (Å²) in [5.74, 6) is 0. The molecule has 0 aliphatic heterocycles. The molecule has 1 aliphatic carbocycles. The predicted octanol–water partition coefficient (Wildman–Crippen LogP) is 2.16. The van der Waals surface area contributed by atoms with Crippen LogP contribution in [0.15, 0.2) is 0 Å². The summed E-state index contributed by atoms with van der Waals surface area (Å²) >= 11 is 5.93. The summed E-state index contributed by atoms with van der Waals surface area (Å²) in [5.41, 5.74) is 0. The molecule has 10 heavy (non-hydrogen) atoms. The Balaban J connectivity index is 2.18. The van der Waals surface area contributed by atoms with Gasteiger partial charge >= 0.3 is 0 Å². The van der Waals surface area contributed by atoms with E-state index in [2.05, 4.69) is 19.2 Å². The van der Waals surface area contributed by atoms with Gasteiger partial charge in [0.15, 0.2) is 0 Å². The van der Waals surface area contributed by atoms with E-state index < -0.39 is 0 Å². The first kappa shape index (κ1) is 8.35. The van der Waals surface area contributed by atoms with Crippen LogP contribution in [-0.4, -0.2) is 17.5 Å². The first-order valence-electron chi connectivity index (χ1n) is 4.02. The molecule has 2 atom stereocenters. The van der Waals surface area contributed by atoms with E-state index in [0.717, 1.165) is 12.8 Å². The molecule has 1 rings (SSSR count). The molecule has 1 aliphatic rings. The Bertz CT molecular complexity index is 103. The van der Waals surface area contributed by atoms with Gasteiger partial charge < -0.3 is 0 Å². The highest BCUT2D eigenvalue weighted by Crippen LogP contribution is 2.24. The SMILES string of the molecule is CC(C)[N]C1CCC(Cl)C1. The quantitative estimate of drug-likeness (QED) is 0.550. The summed E-state index contributed by atoms with van der Waals surface area (Å²) in [6.07, 6.45) is 3.45. The van der Waals surface area contributed by atoms with Gasteiger partial charge in [0.2, 0.25) is 0 Å². The van der Waals surface area contributed by atoms with Crippen LogP contribution in [0, 0.1) is 0 Å². The van der Waals surface area contributed by atoms with Crippen molar-refractivity contribution in [3.63, 3.8) is 0 Å². The molecule has 0 spiro atoms. The third-order valence-corrected chi connectivity index (χ3v) is 2.25. The summed E-state index contributed by atoms with van der Waals surface area (Å²) in [6.45, 7) is 4.25. The minimum Gasteiger partial charge on any atom is -0.236 e. The van der Waals surface area contributed by atoms with E-state index in [4.69, 9.17) is 11.6 Å². The van der Waals surface area contributed by atoms with Crippen LogP contribution >= 0.6 is 11.6 Å². The molecular weight excluding hydrogens is 146 g/mol. The maximum atomic E-state index is 5.93. The molecule has 0 N–H and O–H groups in total. The molecule has 0 heterocycles. The van der Waals surface area contributed by atoms with E-state index in [1.807, 2.05) is 0 Å². The van der Waals surface area contributed by atoms with Gasteiger partial charge in [-0.1, -0.05) is 0 Å². The molecule has 1 saturated carbocycles. The van der Waals surface area contributed by atoms with Crippen molar-refractivity contribution >= 4 is 11.6 Å². The van der Waals surface area contributed by atoms with Crippen LogP contribution in [0.5, 0.6) is 0 Å². The van der Waals surface area contributed by atoms with E-state index in [1.165, 1.54) is 6.42 Å². The molecule has 1 fully saturated rings. The lowest BCUT2D eigenvalue weighted by Crippen LogP contribution is -2.25. The number of hydrogen-bond acceptors (Lipinski definition) is 0. The molecule has 0 aromatic rings. The van der Waals surface area contributed by atoms with E-state index in [0.29, 0.717) is 17.5 Å². The summed E-state index contributed by atoms with van der Waals surface area (Å²) in [6, 6.07) is 1.04. The Kier molecular flexibility index (Phi) is 2.99. The van der Waals surface area contributed by atoms with Crippen LogP contribution in [-0.2, 0) is 0 Å². The van der Waals surface area contributed by atoms with Gasteiger partial charge in [-0.2, -0.15) is 0 Å². The molecule has 2 unspecified atom stereocenters. The lowest BCUT2D eigenvalue weighted by Gasteiger charge is -2.11. The van der Waals surface area contributed by atoms with Crippen LogP contribution in [0.2, 0.25) is 0 Å². The molecule has 59 valence electrons. The third kappa shape index (κ3) is 2.47. The highest BCUT2D eigenvalue weighted by molar-refractivity contribution is 6.20. The number of alkyl halides is 1. The second kappa shape index (κ2) is 3.59. The van der Waals surface area contributed by atoms with Gasteiger partial charge in [-0.3, -0.25) is 0 Å². The molecule has 1 radical (unpaired) electrons. The summed E-state index contributed by atoms with van der Waals surface area (Å²) in [4.78, 5) is 0. The Hall–Kier alpha value is 0.250. The van der Waals surface area contributed by atoms with Gasteiger partial charge in [0.05, 0.1) is 0 Å². The largest absolute Gasteiger partial charge is 0.236 e. The fraction of sp³-hybridized carbons (Fsp3) is 1.00. The summed E-state index contributed by atoms with van der Waals surface area (Å²) in [7, 11) is 0. The first-order valence-corrected chi connectivity index (χ1v) is 4.46. The normalized spacial score (nSPS) is 33.6. The fourth-order valence-corrected chi connectivity index (χ4v) is 1.79. The molecule has 0 amide bonds. The van der Waals surface area contributed by atoms with Gasteiger partial charge in [-0.15, -0.1) is 11.6 Å². The minimum atomic E-state index is 0.396. The van der Waals surface area contributed by atoms with Crippen LogP contribution in [0.25, 0.3) is 0 Å². The topological polar surface area (TPSA) is 14.1 Å². The van der Waals surface area contributed by atoms with E-state index in [-0.39, 0.29) is 0 Å². The van der Waals surface area contributed by atoms with Crippen molar-refractivity contribution < 1.29 is 0 Å². The van der Waals surface area contributed by atoms with Gasteiger partial charge in [0.25, 0.3) is 0 Å². The van der Waals surface area contributed by atoms with Crippen molar-refractivity contribution in [3.05, 3.63) is 0 Å². The van der Waals surface area contributed by atoms with Crippen molar-refractivity contribution in [1.29, 1.82) is 0 Å². The Morgan fingerprint density at radius 2 is 2.10 bits per heavy atom. The molecular formula is C8H15ClN. The van der Waals surface area contributed by atoms with Gasteiger partial charge in [-0.05, 0) is 33.1 Å². The second-order valence-electron chi connectivity index (χ2n) is 3.31. The second-order valence-corrected chi connectivity index (χ2v) is 3.92. The fourth-order valence-electron chi connectivity index (χ4n) is 1.46. The number of nitrogens with zero attached hydrogens (tertiary/aromatic N) is 1. The first-order chi connectivity index (χ1) is 4.68. The number of halogens is 1. The zero-order valence-corrected chi connectivity index (χ0v) is 7.43. The monoisotopic (exact) mass is 160 g/mol. The highest BCUT2D eigenvalue weighted by Gasteiger charge is 2.23. The molecule has 0 bridgehead atoms. The summed E-state index contributed by atoms with van der Waals surface area (Å²) < 4.78 is 0. The number of hydrogen-bond donors (Lipinski definition) is 0. The molecule has 2 heteroatoms.